The van der Waals surface area contributed by atoms with Crippen LogP contribution in [0.4, 0.5) is 5.00 Å². The van der Waals surface area contributed by atoms with E-state index >= 15 is 0 Å². The van der Waals surface area contributed by atoms with Gasteiger partial charge in [0.05, 0.1) is 24.2 Å². The van der Waals surface area contributed by atoms with E-state index in [4.69, 9.17) is 10.6 Å². The van der Waals surface area contributed by atoms with Gasteiger partial charge in [0.25, 0.3) is 5.91 Å². The number of nitrogens with one attached hydrogen (secondary N) is 1. The third-order valence-corrected chi connectivity index (χ3v) is 7.69. The van der Waals surface area contributed by atoms with Crippen molar-refractivity contribution in [1.29, 1.82) is 0 Å². The number of aryl methyl sites for hydroxylation is 1. The van der Waals surface area contributed by atoms with Gasteiger partial charge in [-0.05, 0) is 53.1 Å². The van der Waals surface area contributed by atoms with Crippen LogP contribution in [0, 0.1) is 5.41 Å². The molecule has 33 heavy (non-hydrogen) atoms. The molecular formula is C25H27N3O4S. The van der Waals surface area contributed by atoms with Crippen LogP contribution >= 0.6 is 11.3 Å². The van der Waals surface area contributed by atoms with Crippen LogP contribution in [0.3, 0.4) is 0 Å². The van der Waals surface area contributed by atoms with Crippen molar-refractivity contribution in [2.24, 2.45) is 11.3 Å². The minimum atomic E-state index is -1.01. The van der Waals surface area contributed by atoms with Crippen molar-refractivity contribution in [3.63, 3.8) is 0 Å². The van der Waals surface area contributed by atoms with E-state index in [2.05, 4.69) is 19.2 Å². The fourth-order valence-corrected chi connectivity index (χ4v) is 5.83. The molecule has 3 aromatic rings. The molecule has 1 saturated heterocycles. The number of carboxylic acid groups (broad SMARTS) is 1. The lowest BCUT2D eigenvalue weighted by atomic mass is 9.76. The molecule has 0 spiro atoms. The average molecular weight is 466 g/mol. The third-order valence-electron chi connectivity index (χ3n) is 6.48. The number of hydrogen-bond donors (Lipinski definition) is 3. The summed E-state index contributed by atoms with van der Waals surface area (Å²) in [5.41, 5.74) is 1.49. The Bertz CT molecular complexity index is 1260. The average Bonchev–Trinajstić information content (AvgIpc) is 3.08. The first-order chi connectivity index (χ1) is 15.7. The van der Waals surface area contributed by atoms with Crippen LogP contribution in [0.15, 0.2) is 36.4 Å². The summed E-state index contributed by atoms with van der Waals surface area (Å²) < 4.78 is 6.11. The Morgan fingerprint density at radius 2 is 1.91 bits per heavy atom. The number of thiophene rings is 1. The number of anilines is 1. The van der Waals surface area contributed by atoms with E-state index in [1.165, 1.54) is 11.3 Å². The first-order valence-electron chi connectivity index (χ1n) is 11.1. The Morgan fingerprint density at radius 3 is 2.58 bits per heavy atom. The fourth-order valence-electron chi connectivity index (χ4n) is 4.62. The quantitative estimate of drug-likeness (QED) is 0.485. The molecule has 0 radical (unpaired) electrons. The molecule has 7 nitrogen and oxygen atoms in total. The number of hydrazine groups is 1. The zero-order valence-corrected chi connectivity index (χ0v) is 19.5. The molecule has 5 rings (SSSR count). The summed E-state index contributed by atoms with van der Waals surface area (Å²) in [5.74, 6) is 4.84. The second-order valence-corrected chi connectivity index (χ2v) is 10.8. The smallest absolute Gasteiger partial charge is 0.339 e. The van der Waals surface area contributed by atoms with Gasteiger partial charge in [-0.2, -0.15) is 0 Å². The summed E-state index contributed by atoms with van der Waals surface area (Å²) in [7, 11) is 0. The number of nitrogens with two attached hydrogens (primary N) is 1. The summed E-state index contributed by atoms with van der Waals surface area (Å²) in [6.07, 6.45) is 2.42. The van der Waals surface area contributed by atoms with Gasteiger partial charge in [-0.15, -0.1) is 11.3 Å². The van der Waals surface area contributed by atoms with Gasteiger partial charge in [-0.3, -0.25) is 10.6 Å². The van der Waals surface area contributed by atoms with Crippen LogP contribution in [-0.4, -0.2) is 41.2 Å². The number of benzene rings is 2. The number of aromatic carboxylic acids is 1. The molecule has 1 aromatic heterocycles. The van der Waals surface area contributed by atoms with Crippen LogP contribution in [0.25, 0.3) is 10.8 Å². The molecule has 172 valence electrons. The molecule has 0 unspecified atom stereocenters. The largest absolute Gasteiger partial charge is 0.487 e. The highest BCUT2D eigenvalue weighted by Gasteiger charge is 2.34. The Balaban J connectivity index is 1.50. The van der Waals surface area contributed by atoms with E-state index < -0.39 is 5.97 Å². The van der Waals surface area contributed by atoms with Crippen molar-refractivity contribution in [3.05, 3.63) is 58.0 Å². The molecule has 1 amide bonds. The van der Waals surface area contributed by atoms with Gasteiger partial charge < -0.3 is 15.2 Å². The highest BCUT2D eigenvalue weighted by Crippen LogP contribution is 2.44. The Kier molecular flexibility index (Phi) is 5.39. The van der Waals surface area contributed by atoms with Crippen LogP contribution in [0.5, 0.6) is 5.75 Å². The number of nitrogens with zero attached hydrogens (tertiary/aromatic N) is 1. The molecule has 2 aliphatic rings. The molecule has 0 bridgehead atoms. The van der Waals surface area contributed by atoms with Gasteiger partial charge in [-0.1, -0.05) is 38.1 Å². The van der Waals surface area contributed by atoms with Crippen LogP contribution < -0.4 is 15.9 Å². The number of rotatable bonds is 5. The summed E-state index contributed by atoms with van der Waals surface area (Å²) in [6.45, 7) is 5.48. The molecule has 2 aromatic carbocycles. The third kappa shape index (κ3) is 4.21. The minimum Gasteiger partial charge on any atom is -0.487 e. The predicted octanol–water partition coefficient (Wildman–Crippen LogP) is 4.30. The van der Waals surface area contributed by atoms with Crippen molar-refractivity contribution in [2.45, 2.75) is 39.2 Å². The summed E-state index contributed by atoms with van der Waals surface area (Å²) in [5, 5.41) is 16.8. The maximum absolute atomic E-state index is 13.4. The second-order valence-electron chi connectivity index (χ2n) is 9.70. The number of carbonyl (C=O) groups excluding carboxylic acids is 1. The summed E-state index contributed by atoms with van der Waals surface area (Å²) in [4.78, 5) is 26.6. The van der Waals surface area contributed by atoms with Crippen molar-refractivity contribution in [1.82, 2.24) is 5.01 Å². The van der Waals surface area contributed by atoms with Gasteiger partial charge >= 0.3 is 5.97 Å². The van der Waals surface area contributed by atoms with Gasteiger partial charge in [-0.25, -0.2) is 9.80 Å². The molecule has 4 N–H and O–H groups in total. The van der Waals surface area contributed by atoms with Crippen molar-refractivity contribution >= 4 is 39.0 Å². The van der Waals surface area contributed by atoms with Gasteiger partial charge in [0, 0.05) is 4.88 Å². The molecule has 1 fully saturated rings. The van der Waals surface area contributed by atoms with E-state index in [9.17, 15) is 14.7 Å². The van der Waals surface area contributed by atoms with Crippen LogP contribution in [0.2, 0.25) is 0 Å². The lowest BCUT2D eigenvalue weighted by molar-refractivity contribution is 0.0194. The molecule has 2 heterocycles. The Labute approximate surface area is 196 Å². The number of amides is 1. The van der Waals surface area contributed by atoms with E-state index in [1.807, 2.05) is 30.3 Å². The van der Waals surface area contributed by atoms with E-state index in [1.54, 1.807) is 11.1 Å². The summed E-state index contributed by atoms with van der Waals surface area (Å²) in [6, 6.07) is 11.4. The topological polar surface area (TPSA) is 105 Å². The monoisotopic (exact) mass is 465 g/mol. The standard InChI is InChI=1S/C25H27N3O4S/c1-25(2)8-7-20-18(11-25)21(24(30)31)23(33-20)27-22(29)17-9-14-5-3-4-6-15(14)10-19(17)32-16-12-28(26)13-16/h3-6,9-10,16H,7-8,11-13,26H2,1-2H3,(H,27,29)(H,30,31). The highest BCUT2D eigenvalue weighted by molar-refractivity contribution is 7.17. The minimum absolute atomic E-state index is 0.0402. The zero-order chi connectivity index (χ0) is 23.3. The number of carboxylic acids is 1. The maximum atomic E-state index is 13.4. The Hall–Kier alpha value is -2.94. The molecule has 1 aliphatic heterocycles. The molecule has 0 saturated carbocycles. The molecular weight excluding hydrogens is 438 g/mol. The number of hydrogen-bond acceptors (Lipinski definition) is 6. The molecule has 0 atom stereocenters. The summed E-state index contributed by atoms with van der Waals surface area (Å²) >= 11 is 1.38. The van der Waals surface area contributed by atoms with Gasteiger partial charge in [0.15, 0.2) is 0 Å². The first kappa shape index (κ1) is 21.9. The number of carbonyl (C=O) groups is 2. The number of ether oxygens (including phenoxy) is 1. The lowest BCUT2D eigenvalue weighted by Crippen LogP contribution is -2.57. The zero-order valence-electron chi connectivity index (χ0n) is 18.7. The predicted molar refractivity (Wildman–Crippen MR) is 129 cm³/mol. The second kappa shape index (κ2) is 8.13. The normalized spacial score (nSPS) is 17.9. The van der Waals surface area contributed by atoms with Gasteiger partial charge in [0.1, 0.15) is 16.9 Å². The first-order valence-corrected chi connectivity index (χ1v) is 11.9. The maximum Gasteiger partial charge on any atom is 0.339 e. The van der Waals surface area contributed by atoms with E-state index in [0.29, 0.717) is 35.8 Å². The van der Waals surface area contributed by atoms with E-state index in [-0.39, 0.29) is 23.0 Å². The Morgan fingerprint density at radius 1 is 1.21 bits per heavy atom. The van der Waals surface area contributed by atoms with Crippen molar-refractivity contribution in [3.8, 4) is 5.75 Å². The fraction of sp³-hybridized carbons (Fsp3) is 0.360. The lowest BCUT2D eigenvalue weighted by Gasteiger charge is -2.35. The van der Waals surface area contributed by atoms with Crippen molar-refractivity contribution < 1.29 is 19.4 Å². The molecule has 1 aliphatic carbocycles. The van der Waals surface area contributed by atoms with Crippen molar-refractivity contribution in [2.75, 3.05) is 18.4 Å². The van der Waals surface area contributed by atoms with Gasteiger partial charge in [0.2, 0.25) is 0 Å². The SMILES string of the molecule is CC1(C)CCc2sc(NC(=O)c3cc4ccccc4cc3OC3CN(N)C3)c(C(=O)O)c2C1. The highest BCUT2D eigenvalue weighted by atomic mass is 32.1. The molecule has 8 heteroatoms. The number of fused-ring (bicyclic) bond motifs is 2. The van der Waals surface area contributed by atoms with Crippen LogP contribution in [0.1, 0.15) is 51.4 Å². The van der Waals surface area contributed by atoms with E-state index in [0.717, 1.165) is 34.1 Å². The van der Waals surface area contributed by atoms with Crippen LogP contribution in [-0.2, 0) is 12.8 Å².